The lowest BCUT2D eigenvalue weighted by atomic mass is 10.3. The lowest BCUT2D eigenvalue weighted by Gasteiger charge is -2.33. The quantitative estimate of drug-likeness (QED) is 0.540. The van der Waals surface area contributed by atoms with Crippen molar-refractivity contribution in [3.63, 3.8) is 0 Å². The summed E-state index contributed by atoms with van der Waals surface area (Å²) in [6, 6.07) is 1.09. The van der Waals surface area contributed by atoms with E-state index < -0.39 is 23.5 Å². The van der Waals surface area contributed by atoms with E-state index in [2.05, 4.69) is 4.98 Å². The molecule has 11 heteroatoms. The van der Waals surface area contributed by atoms with Crippen molar-refractivity contribution in [3.05, 3.63) is 52.3 Å². The molecule has 2 aromatic rings. The molecule has 0 atom stereocenters. The van der Waals surface area contributed by atoms with Gasteiger partial charge in [0.25, 0.3) is 5.56 Å². The molecule has 30 heavy (non-hydrogen) atoms. The van der Waals surface area contributed by atoms with Gasteiger partial charge < -0.3 is 24.2 Å². The van der Waals surface area contributed by atoms with Crippen LogP contribution in [-0.4, -0.2) is 58.4 Å². The van der Waals surface area contributed by atoms with Gasteiger partial charge in [0.15, 0.2) is 29.0 Å². The predicted octanol–water partition coefficient (Wildman–Crippen LogP) is 2.32. The van der Waals surface area contributed by atoms with E-state index in [0.29, 0.717) is 57.7 Å². The van der Waals surface area contributed by atoms with Gasteiger partial charge in [-0.15, -0.1) is 0 Å². The van der Waals surface area contributed by atoms with Gasteiger partial charge in [0.1, 0.15) is 0 Å². The average Bonchev–Trinajstić information content (AvgIpc) is 2.72. The number of ether oxygens (including phenoxy) is 1. The second-order valence-electron chi connectivity index (χ2n) is 6.76. The SMILES string of the molecule is O=C(O)N1CCN(c2nccn(CCCCOc3cc(F)c(F)cc3F)c2=O)CC1. The Morgan fingerprint density at radius 1 is 1.07 bits per heavy atom. The van der Waals surface area contributed by atoms with Crippen LogP contribution in [0.15, 0.2) is 29.3 Å². The summed E-state index contributed by atoms with van der Waals surface area (Å²) < 4.78 is 46.2. The van der Waals surface area contributed by atoms with Crippen molar-refractivity contribution >= 4 is 11.9 Å². The average molecular weight is 426 g/mol. The maximum absolute atomic E-state index is 13.5. The van der Waals surface area contributed by atoms with Crippen molar-refractivity contribution in [2.45, 2.75) is 19.4 Å². The van der Waals surface area contributed by atoms with Crippen molar-refractivity contribution in [1.82, 2.24) is 14.5 Å². The lowest BCUT2D eigenvalue weighted by Crippen LogP contribution is -2.50. The number of carboxylic acid groups (broad SMARTS) is 1. The maximum Gasteiger partial charge on any atom is 0.407 e. The minimum Gasteiger partial charge on any atom is -0.490 e. The predicted molar refractivity (Wildman–Crippen MR) is 101 cm³/mol. The molecule has 1 saturated heterocycles. The van der Waals surface area contributed by atoms with E-state index in [0.717, 1.165) is 0 Å². The Kier molecular flexibility index (Phi) is 6.80. The normalized spacial score (nSPS) is 14.1. The highest BCUT2D eigenvalue weighted by molar-refractivity contribution is 5.65. The third-order valence-electron chi connectivity index (χ3n) is 4.77. The molecule has 1 aromatic heterocycles. The van der Waals surface area contributed by atoms with Crippen LogP contribution >= 0.6 is 0 Å². The Hall–Kier alpha value is -3.24. The van der Waals surface area contributed by atoms with Crippen molar-refractivity contribution in [2.75, 3.05) is 37.7 Å². The number of hydrogen-bond donors (Lipinski definition) is 1. The first-order chi connectivity index (χ1) is 14.4. The lowest BCUT2D eigenvalue weighted by molar-refractivity contribution is 0.142. The van der Waals surface area contributed by atoms with Crippen LogP contribution in [0.2, 0.25) is 0 Å². The van der Waals surface area contributed by atoms with E-state index in [9.17, 15) is 22.8 Å². The van der Waals surface area contributed by atoms with Crippen LogP contribution in [0.25, 0.3) is 0 Å². The van der Waals surface area contributed by atoms with Gasteiger partial charge in [0.2, 0.25) is 0 Å². The van der Waals surface area contributed by atoms with E-state index in [4.69, 9.17) is 9.84 Å². The summed E-state index contributed by atoms with van der Waals surface area (Å²) in [6.45, 7) is 1.80. The monoisotopic (exact) mass is 426 g/mol. The largest absolute Gasteiger partial charge is 0.490 e. The van der Waals surface area contributed by atoms with Gasteiger partial charge in [-0.05, 0) is 12.8 Å². The number of nitrogens with zero attached hydrogens (tertiary/aromatic N) is 4. The molecule has 1 fully saturated rings. The second-order valence-corrected chi connectivity index (χ2v) is 6.76. The number of aryl methyl sites for hydroxylation is 1. The minimum absolute atomic E-state index is 0.0752. The fourth-order valence-electron chi connectivity index (χ4n) is 3.12. The van der Waals surface area contributed by atoms with Crippen molar-refractivity contribution in [2.24, 2.45) is 0 Å². The highest BCUT2D eigenvalue weighted by Crippen LogP contribution is 2.21. The summed E-state index contributed by atoms with van der Waals surface area (Å²) in [4.78, 5) is 30.8. The highest BCUT2D eigenvalue weighted by atomic mass is 19.2. The zero-order valence-electron chi connectivity index (χ0n) is 16.1. The Morgan fingerprint density at radius 2 is 1.77 bits per heavy atom. The summed E-state index contributed by atoms with van der Waals surface area (Å²) in [5, 5.41) is 9.01. The van der Waals surface area contributed by atoms with Crippen LogP contribution in [0, 0.1) is 17.5 Å². The van der Waals surface area contributed by atoms with Gasteiger partial charge >= 0.3 is 6.09 Å². The standard InChI is InChI=1S/C19H21F3N4O4/c20-13-11-15(22)16(12-14(13)21)30-10-2-1-4-25-5-3-23-17(18(25)27)24-6-8-26(9-7-24)19(28)29/h3,5,11-12H,1-2,4,6-10H2,(H,28,29). The summed E-state index contributed by atoms with van der Waals surface area (Å²) in [5.41, 5.74) is -0.283. The van der Waals surface area contributed by atoms with Crippen LogP contribution in [-0.2, 0) is 6.54 Å². The number of hydrogen-bond acceptors (Lipinski definition) is 5. The molecule has 3 rings (SSSR count). The van der Waals surface area contributed by atoms with Crippen molar-refractivity contribution in [1.29, 1.82) is 0 Å². The van der Waals surface area contributed by atoms with Crippen molar-refractivity contribution < 1.29 is 27.8 Å². The third-order valence-corrected chi connectivity index (χ3v) is 4.77. The Bertz CT molecular complexity index is 961. The Labute approximate surface area is 170 Å². The highest BCUT2D eigenvalue weighted by Gasteiger charge is 2.23. The fraction of sp³-hybridized carbons (Fsp3) is 0.421. The molecule has 0 spiro atoms. The first-order valence-electron chi connectivity index (χ1n) is 9.42. The van der Waals surface area contributed by atoms with Gasteiger partial charge in [-0.2, -0.15) is 0 Å². The van der Waals surface area contributed by atoms with E-state index in [1.807, 2.05) is 0 Å². The molecule has 0 unspecified atom stereocenters. The molecule has 162 valence electrons. The Balaban J connectivity index is 1.51. The first kappa shape index (κ1) is 21.5. The molecule has 1 aliphatic rings. The molecule has 1 aromatic carbocycles. The van der Waals surface area contributed by atoms with E-state index in [1.54, 1.807) is 11.1 Å². The maximum atomic E-state index is 13.5. The fourth-order valence-corrected chi connectivity index (χ4v) is 3.12. The molecule has 0 saturated carbocycles. The molecular weight excluding hydrogens is 405 g/mol. The molecule has 0 radical (unpaired) electrons. The molecule has 0 aliphatic carbocycles. The molecule has 0 bridgehead atoms. The zero-order valence-corrected chi connectivity index (χ0v) is 16.1. The van der Waals surface area contributed by atoms with Gasteiger partial charge in [0.05, 0.1) is 6.61 Å². The number of anilines is 1. The molecule has 1 amide bonds. The second kappa shape index (κ2) is 9.51. The summed E-state index contributed by atoms with van der Waals surface area (Å²) in [6.07, 6.45) is 3.06. The molecule has 8 nitrogen and oxygen atoms in total. The Morgan fingerprint density at radius 3 is 2.47 bits per heavy atom. The molecular formula is C19H21F3N4O4. The van der Waals surface area contributed by atoms with E-state index in [1.165, 1.54) is 15.7 Å². The number of piperazine rings is 1. The summed E-state index contributed by atoms with van der Waals surface area (Å²) >= 11 is 0. The summed E-state index contributed by atoms with van der Waals surface area (Å²) in [7, 11) is 0. The van der Waals surface area contributed by atoms with Gasteiger partial charge in [0, 0.05) is 57.3 Å². The van der Waals surface area contributed by atoms with Crippen molar-refractivity contribution in [3.8, 4) is 5.75 Å². The molecule has 1 N–H and O–H groups in total. The van der Waals surface area contributed by atoms with Crippen LogP contribution in [0.1, 0.15) is 12.8 Å². The van der Waals surface area contributed by atoms with Crippen LogP contribution in [0.3, 0.4) is 0 Å². The summed E-state index contributed by atoms with van der Waals surface area (Å²) in [5.74, 6) is -3.55. The number of halogens is 3. The zero-order chi connectivity index (χ0) is 21.7. The number of benzene rings is 1. The van der Waals surface area contributed by atoms with Crippen LogP contribution in [0.5, 0.6) is 5.75 Å². The van der Waals surface area contributed by atoms with Gasteiger partial charge in [-0.25, -0.2) is 22.9 Å². The smallest absolute Gasteiger partial charge is 0.407 e. The first-order valence-corrected chi connectivity index (χ1v) is 9.42. The molecule has 2 heterocycles. The topological polar surface area (TPSA) is 87.9 Å². The third kappa shape index (κ3) is 5.02. The van der Waals surface area contributed by atoms with E-state index >= 15 is 0 Å². The van der Waals surface area contributed by atoms with E-state index in [-0.39, 0.29) is 23.7 Å². The van der Waals surface area contributed by atoms with Crippen LogP contribution in [0.4, 0.5) is 23.8 Å². The number of rotatable bonds is 7. The van der Waals surface area contributed by atoms with Crippen LogP contribution < -0.4 is 15.2 Å². The number of carbonyl (C=O) groups is 1. The number of unbranched alkanes of at least 4 members (excludes halogenated alkanes) is 1. The molecule has 1 aliphatic heterocycles. The number of amides is 1. The number of aromatic nitrogens is 2. The van der Waals surface area contributed by atoms with Gasteiger partial charge in [-0.1, -0.05) is 0 Å². The minimum atomic E-state index is -1.28. The van der Waals surface area contributed by atoms with Gasteiger partial charge in [-0.3, -0.25) is 4.79 Å².